The smallest absolute Gasteiger partial charge is 0.0994 e. The van der Waals surface area contributed by atoms with E-state index in [1.165, 1.54) is 0 Å². The Bertz CT molecular complexity index is 452. The van der Waals surface area contributed by atoms with Gasteiger partial charge in [0, 0.05) is 12.6 Å². The zero-order chi connectivity index (χ0) is 9.80. The zero-order valence-electron chi connectivity index (χ0n) is 7.57. The minimum absolute atomic E-state index is 0.702. The van der Waals surface area contributed by atoms with Gasteiger partial charge in [0.15, 0.2) is 0 Å². The van der Waals surface area contributed by atoms with Gasteiger partial charge in [-0.05, 0) is 11.6 Å². The number of nitriles is 1. The Morgan fingerprint density at radius 1 is 1.36 bits per heavy atom. The third kappa shape index (κ3) is 1.64. The van der Waals surface area contributed by atoms with E-state index in [4.69, 9.17) is 5.26 Å². The average molecular weight is 183 g/mol. The molecule has 0 saturated carbocycles. The summed E-state index contributed by atoms with van der Waals surface area (Å²) in [6.07, 6.45) is 4.19. The number of rotatable bonds is 2. The molecular formula is C11H9N3. The summed E-state index contributed by atoms with van der Waals surface area (Å²) in [5, 5.41) is 8.87. The first kappa shape index (κ1) is 8.52. The van der Waals surface area contributed by atoms with Crippen LogP contribution in [0.4, 0.5) is 0 Å². The molecule has 0 spiro atoms. The molecule has 2 rings (SSSR count). The molecule has 0 atom stereocenters. The van der Waals surface area contributed by atoms with Crippen LogP contribution in [0.1, 0.15) is 16.8 Å². The Balaban J connectivity index is 2.30. The molecule has 0 fully saturated rings. The molecule has 0 aliphatic rings. The lowest BCUT2D eigenvalue weighted by Crippen LogP contribution is -1.91. The summed E-state index contributed by atoms with van der Waals surface area (Å²) < 4.78 is 0. The first-order valence-electron chi connectivity index (χ1n) is 4.36. The Hall–Kier alpha value is -2.08. The molecule has 3 heteroatoms. The number of nitrogens with zero attached hydrogens (tertiary/aromatic N) is 2. The van der Waals surface area contributed by atoms with Crippen LogP contribution in [-0.2, 0) is 6.42 Å². The predicted molar refractivity (Wildman–Crippen MR) is 52.6 cm³/mol. The van der Waals surface area contributed by atoms with Crippen LogP contribution in [-0.4, -0.2) is 9.97 Å². The minimum atomic E-state index is 0.702. The van der Waals surface area contributed by atoms with Crippen LogP contribution >= 0.6 is 0 Å². The summed E-state index contributed by atoms with van der Waals surface area (Å²) in [7, 11) is 0. The lowest BCUT2D eigenvalue weighted by molar-refractivity contribution is 1.10. The second-order valence-corrected chi connectivity index (χ2v) is 3.01. The van der Waals surface area contributed by atoms with Crippen molar-refractivity contribution in [2.75, 3.05) is 0 Å². The number of hydrogen-bond donors (Lipinski definition) is 1. The van der Waals surface area contributed by atoms with E-state index in [9.17, 15) is 0 Å². The van der Waals surface area contributed by atoms with Gasteiger partial charge in [0.25, 0.3) is 0 Å². The van der Waals surface area contributed by atoms with Gasteiger partial charge in [-0.2, -0.15) is 5.26 Å². The molecule has 0 saturated heterocycles. The van der Waals surface area contributed by atoms with Crippen LogP contribution in [0.15, 0.2) is 36.8 Å². The van der Waals surface area contributed by atoms with E-state index in [2.05, 4.69) is 16.0 Å². The van der Waals surface area contributed by atoms with E-state index < -0.39 is 0 Å². The van der Waals surface area contributed by atoms with E-state index in [0.29, 0.717) is 6.42 Å². The molecule has 1 aromatic heterocycles. The summed E-state index contributed by atoms with van der Waals surface area (Å²) in [4.78, 5) is 7.02. The quantitative estimate of drug-likeness (QED) is 0.772. The van der Waals surface area contributed by atoms with Gasteiger partial charge < -0.3 is 4.98 Å². The zero-order valence-corrected chi connectivity index (χ0v) is 7.57. The summed E-state index contributed by atoms with van der Waals surface area (Å²) in [6.45, 7) is 0. The van der Waals surface area contributed by atoms with Gasteiger partial charge in [-0.1, -0.05) is 18.2 Å². The highest BCUT2D eigenvalue weighted by atomic mass is 14.9. The molecule has 0 unspecified atom stereocenters. The largest absolute Gasteiger partial charge is 0.351 e. The molecule has 0 aliphatic heterocycles. The lowest BCUT2D eigenvalue weighted by Gasteiger charge is -1.99. The molecule has 0 bridgehead atoms. The van der Waals surface area contributed by atoms with Gasteiger partial charge in [-0.3, -0.25) is 0 Å². The van der Waals surface area contributed by atoms with Crippen LogP contribution in [0.2, 0.25) is 0 Å². The fourth-order valence-electron chi connectivity index (χ4n) is 1.37. The maximum absolute atomic E-state index is 8.87. The van der Waals surface area contributed by atoms with Gasteiger partial charge in [-0.25, -0.2) is 4.98 Å². The number of nitrogens with one attached hydrogen (secondary N) is 1. The Kier molecular flexibility index (Phi) is 2.28. The summed E-state index contributed by atoms with van der Waals surface area (Å²) in [5.74, 6) is 0. The van der Waals surface area contributed by atoms with E-state index in [1.54, 1.807) is 6.33 Å². The second kappa shape index (κ2) is 3.75. The molecule has 2 aromatic rings. The molecule has 1 aromatic carbocycles. The van der Waals surface area contributed by atoms with E-state index in [1.807, 2.05) is 30.5 Å². The monoisotopic (exact) mass is 183 g/mol. The first-order chi connectivity index (χ1) is 6.90. The molecule has 14 heavy (non-hydrogen) atoms. The van der Waals surface area contributed by atoms with Crippen molar-refractivity contribution in [3.05, 3.63) is 53.6 Å². The summed E-state index contributed by atoms with van der Waals surface area (Å²) >= 11 is 0. The topological polar surface area (TPSA) is 52.5 Å². The molecule has 1 N–H and O–H groups in total. The third-order valence-corrected chi connectivity index (χ3v) is 2.06. The van der Waals surface area contributed by atoms with Crippen molar-refractivity contribution < 1.29 is 0 Å². The molecule has 0 aliphatic carbocycles. The average Bonchev–Trinajstić information content (AvgIpc) is 2.71. The normalized spacial score (nSPS) is 9.64. The Labute approximate surface area is 82.0 Å². The number of H-pyrrole nitrogens is 1. The molecule has 3 nitrogen and oxygen atoms in total. The maximum atomic E-state index is 8.87. The van der Waals surface area contributed by atoms with E-state index in [-0.39, 0.29) is 0 Å². The number of benzene rings is 1. The molecular weight excluding hydrogens is 174 g/mol. The van der Waals surface area contributed by atoms with Crippen molar-refractivity contribution in [1.82, 2.24) is 9.97 Å². The standard InChI is InChI=1S/C11H9N3/c12-6-10-4-2-1-3-9(10)5-11-7-13-8-14-11/h1-4,7-8H,5H2,(H,13,14). The highest BCUT2D eigenvalue weighted by Gasteiger charge is 2.02. The molecule has 68 valence electrons. The second-order valence-electron chi connectivity index (χ2n) is 3.01. The fraction of sp³-hybridized carbons (Fsp3) is 0.0909. The highest BCUT2D eigenvalue weighted by molar-refractivity contribution is 5.39. The van der Waals surface area contributed by atoms with Gasteiger partial charge in [-0.15, -0.1) is 0 Å². The summed E-state index contributed by atoms with van der Waals surface area (Å²) in [6, 6.07) is 9.74. The number of aromatic nitrogens is 2. The minimum Gasteiger partial charge on any atom is -0.351 e. The van der Waals surface area contributed by atoms with Gasteiger partial charge >= 0.3 is 0 Å². The Morgan fingerprint density at radius 3 is 2.93 bits per heavy atom. The van der Waals surface area contributed by atoms with E-state index >= 15 is 0 Å². The number of hydrogen-bond acceptors (Lipinski definition) is 2. The van der Waals surface area contributed by atoms with Gasteiger partial charge in [0.2, 0.25) is 0 Å². The van der Waals surface area contributed by atoms with Crippen LogP contribution in [0.3, 0.4) is 0 Å². The first-order valence-corrected chi connectivity index (χ1v) is 4.36. The highest BCUT2D eigenvalue weighted by Crippen LogP contribution is 2.11. The van der Waals surface area contributed by atoms with Crippen LogP contribution in [0.5, 0.6) is 0 Å². The molecule has 0 amide bonds. The lowest BCUT2D eigenvalue weighted by atomic mass is 10.0. The number of aromatic amines is 1. The van der Waals surface area contributed by atoms with Crippen molar-refractivity contribution in [1.29, 1.82) is 5.26 Å². The van der Waals surface area contributed by atoms with Gasteiger partial charge in [0.05, 0.1) is 23.7 Å². The molecule has 0 radical (unpaired) electrons. The third-order valence-electron chi connectivity index (χ3n) is 2.06. The SMILES string of the molecule is N#Cc1ccccc1Cc1c[nH]cn1. The molecule has 1 heterocycles. The van der Waals surface area contributed by atoms with Crippen LogP contribution in [0.25, 0.3) is 0 Å². The predicted octanol–water partition coefficient (Wildman–Crippen LogP) is 1.87. The van der Waals surface area contributed by atoms with Crippen LogP contribution < -0.4 is 0 Å². The van der Waals surface area contributed by atoms with Crippen molar-refractivity contribution in [2.24, 2.45) is 0 Å². The summed E-state index contributed by atoms with van der Waals surface area (Å²) in [5.41, 5.74) is 2.69. The fourth-order valence-corrected chi connectivity index (χ4v) is 1.37. The van der Waals surface area contributed by atoms with Crippen molar-refractivity contribution in [3.63, 3.8) is 0 Å². The number of imidazole rings is 1. The Morgan fingerprint density at radius 2 is 2.21 bits per heavy atom. The maximum Gasteiger partial charge on any atom is 0.0994 e. The van der Waals surface area contributed by atoms with E-state index in [0.717, 1.165) is 16.8 Å². The van der Waals surface area contributed by atoms with Crippen molar-refractivity contribution >= 4 is 0 Å². The van der Waals surface area contributed by atoms with Crippen molar-refractivity contribution in [2.45, 2.75) is 6.42 Å². The van der Waals surface area contributed by atoms with Crippen LogP contribution in [0, 0.1) is 11.3 Å². The van der Waals surface area contributed by atoms with Crippen molar-refractivity contribution in [3.8, 4) is 6.07 Å². The van der Waals surface area contributed by atoms with Gasteiger partial charge in [0.1, 0.15) is 0 Å².